The SMILES string of the molecule is N#C/C(=C\c1ccc(-c2ccc(F)cc2)o1)c1nc(-c2cccc([N+](=O)[O-])c2)cs1. The van der Waals surface area contributed by atoms with Crippen molar-refractivity contribution in [2.75, 3.05) is 0 Å². The van der Waals surface area contributed by atoms with Gasteiger partial charge in [-0.15, -0.1) is 11.3 Å². The van der Waals surface area contributed by atoms with Crippen molar-refractivity contribution in [3.05, 3.63) is 92.7 Å². The van der Waals surface area contributed by atoms with Crippen LogP contribution in [0.5, 0.6) is 0 Å². The zero-order chi connectivity index (χ0) is 21.1. The summed E-state index contributed by atoms with van der Waals surface area (Å²) in [5.74, 6) is 0.674. The molecule has 0 unspecified atom stereocenters. The Balaban J connectivity index is 1.62. The van der Waals surface area contributed by atoms with E-state index in [2.05, 4.69) is 11.1 Å². The molecule has 0 fully saturated rings. The standard InChI is InChI=1S/C22H12FN3O3S/c23-17-6-4-14(5-7-17)21-9-8-19(29-21)11-16(12-24)22-25-20(13-30-22)15-2-1-3-18(10-15)26(27)28/h1-11,13H/b16-11+. The Morgan fingerprint density at radius 2 is 1.97 bits per heavy atom. The second-order valence-electron chi connectivity index (χ2n) is 6.22. The van der Waals surface area contributed by atoms with Crippen LogP contribution in [0.4, 0.5) is 10.1 Å². The molecule has 0 spiro atoms. The summed E-state index contributed by atoms with van der Waals surface area (Å²) in [4.78, 5) is 15.0. The average Bonchev–Trinajstić information content (AvgIpc) is 3.43. The molecule has 0 bridgehead atoms. The van der Waals surface area contributed by atoms with Crippen LogP contribution in [0.15, 0.2) is 70.5 Å². The minimum atomic E-state index is -0.465. The molecule has 0 amide bonds. The van der Waals surface area contributed by atoms with Crippen LogP contribution in [0.1, 0.15) is 10.8 Å². The lowest BCUT2D eigenvalue weighted by molar-refractivity contribution is -0.384. The quantitative estimate of drug-likeness (QED) is 0.219. The van der Waals surface area contributed by atoms with Gasteiger partial charge in [-0.2, -0.15) is 5.26 Å². The molecule has 146 valence electrons. The van der Waals surface area contributed by atoms with Crippen molar-refractivity contribution in [3.8, 4) is 28.7 Å². The highest BCUT2D eigenvalue weighted by Crippen LogP contribution is 2.30. The Kier molecular flexibility index (Phi) is 5.20. The van der Waals surface area contributed by atoms with E-state index in [1.807, 2.05) is 0 Å². The van der Waals surface area contributed by atoms with Crippen LogP contribution >= 0.6 is 11.3 Å². The molecule has 0 aliphatic rings. The van der Waals surface area contributed by atoms with Crippen molar-refractivity contribution in [2.24, 2.45) is 0 Å². The van der Waals surface area contributed by atoms with Gasteiger partial charge in [0.05, 0.1) is 16.2 Å². The van der Waals surface area contributed by atoms with Crippen LogP contribution in [-0.2, 0) is 0 Å². The highest BCUT2D eigenvalue weighted by atomic mass is 32.1. The number of allylic oxidation sites excluding steroid dienone is 1. The Bertz CT molecular complexity index is 1300. The van der Waals surface area contributed by atoms with Gasteiger partial charge in [-0.3, -0.25) is 10.1 Å². The Hall–Kier alpha value is -4.09. The number of nitrogens with zero attached hydrogens (tertiary/aromatic N) is 3. The Morgan fingerprint density at radius 1 is 1.17 bits per heavy atom. The topological polar surface area (TPSA) is 93.0 Å². The fourth-order valence-electron chi connectivity index (χ4n) is 2.79. The monoisotopic (exact) mass is 417 g/mol. The van der Waals surface area contributed by atoms with Crippen LogP contribution in [-0.4, -0.2) is 9.91 Å². The summed E-state index contributed by atoms with van der Waals surface area (Å²) < 4.78 is 18.8. The third-order valence-electron chi connectivity index (χ3n) is 4.25. The summed E-state index contributed by atoms with van der Waals surface area (Å²) >= 11 is 1.26. The second-order valence-corrected chi connectivity index (χ2v) is 7.08. The molecule has 0 radical (unpaired) electrons. The van der Waals surface area contributed by atoms with Gasteiger partial charge in [-0.05, 0) is 36.4 Å². The van der Waals surface area contributed by atoms with Crippen LogP contribution in [0, 0.1) is 27.3 Å². The minimum absolute atomic E-state index is 0.0259. The van der Waals surface area contributed by atoms with E-state index in [4.69, 9.17) is 4.42 Å². The van der Waals surface area contributed by atoms with Crippen LogP contribution in [0.3, 0.4) is 0 Å². The van der Waals surface area contributed by atoms with Crippen molar-refractivity contribution >= 4 is 28.7 Å². The molecule has 6 nitrogen and oxygen atoms in total. The summed E-state index contributed by atoms with van der Waals surface area (Å²) in [5, 5.41) is 22.8. The van der Waals surface area contributed by atoms with Gasteiger partial charge in [0.25, 0.3) is 5.69 Å². The van der Waals surface area contributed by atoms with Gasteiger partial charge in [0, 0.05) is 34.7 Å². The number of nitro benzene ring substituents is 1. The van der Waals surface area contributed by atoms with E-state index >= 15 is 0 Å². The van der Waals surface area contributed by atoms with E-state index in [1.165, 1.54) is 35.6 Å². The molecule has 8 heteroatoms. The number of hydrogen-bond donors (Lipinski definition) is 0. The highest BCUT2D eigenvalue weighted by Gasteiger charge is 2.13. The van der Waals surface area contributed by atoms with Crippen molar-refractivity contribution in [2.45, 2.75) is 0 Å². The molecule has 0 atom stereocenters. The Morgan fingerprint density at radius 3 is 2.70 bits per heavy atom. The van der Waals surface area contributed by atoms with Crippen LogP contribution in [0.25, 0.3) is 34.2 Å². The van der Waals surface area contributed by atoms with Gasteiger partial charge in [0.15, 0.2) is 0 Å². The summed E-state index contributed by atoms with van der Waals surface area (Å²) in [6.07, 6.45) is 1.57. The van der Waals surface area contributed by atoms with E-state index in [1.54, 1.807) is 47.9 Å². The normalized spacial score (nSPS) is 11.3. The van der Waals surface area contributed by atoms with E-state index < -0.39 is 4.92 Å². The lowest BCUT2D eigenvalue weighted by atomic mass is 10.1. The molecule has 0 aliphatic heterocycles. The second kappa shape index (κ2) is 8.11. The van der Waals surface area contributed by atoms with Crippen LogP contribution in [0.2, 0.25) is 0 Å². The number of nitro groups is 1. The maximum atomic E-state index is 13.1. The minimum Gasteiger partial charge on any atom is -0.457 e. The van der Waals surface area contributed by atoms with Gasteiger partial charge in [-0.25, -0.2) is 9.37 Å². The third kappa shape index (κ3) is 4.01. The van der Waals surface area contributed by atoms with Crippen molar-refractivity contribution in [1.82, 2.24) is 4.98 Å². The number of nitriles is 1. The maximum absolute atomic E-state index is 13.1. The summed E-state index contributed by atoms with van der Waals surface area (Å²) in [6, 6.07) is 17.6. The number of hydrogen-bond acceptors (Lipinski definition) is 6. The molecular formula is C22H12FN3O3S. The number of aromatic nitrogens is 1. The van der Waals surface area contributed by atoms with Gasteiger partial charge in [0.2, 0.25) is 0 Å². The first-order chi connectivity index (χ1) is 14.5. The predicted molar refractivity (Wildman–Crippen MR) is 112 cm³/mol. The van der Waals surface area contributed by atoms with E-state index in [0.29, 0.717) is 33.4 Å². The number of thiazole rings is 1. The molecule has 0 aliphatic carbocycles. The first-order valence-electron chi connectivity index (χ1n) is 8.72. The zero-order valence-electron chi connectivity index (χ0n) is 15.3. The van der Waals surface area contributed by atoms with Gasteiger partial charge >= 0.3 is 0 Å². The molecule has 2 aromatic carbocycles. The third-order valence-corrected chi connectivity index (χ3v) is 5.13. The highest BCUT2D eigenvalue weighted by molar-refractivity contribution is 7.11. The molecule has 30 heavy (non-hydrogen) atoms. The number of non-ortho nitro benzene ring substituents is 1. The van der Waals surface area contributed by atoms with E-state index in [0.717, 1.165) is 5.56 Å². The number of rotatable bonds is 5. The number of halogens is 1. The smallest absolute Gasteiger partial charge is 0.270 e. The average molecular weight is 417 g/mol. The first kappa shape index (κ1) is 19.2. The Labute approximate surface area is 174 Å². The molecule has 2 aromatic heterocycles. The van der Waals surface area contributed by atoms with E-state index in [-0.39, 0.29) is 11.5 Å². The van der Waals surface area contributed by atoms with Crippen LogP contribution < -0.4 is 0 Å². The molecule has 2 heterocycles. The summed E-state index contributed by atoms with van der Waals surface area (Å²) in [5.41, 5.74) is 2.14. The molecule has 0 saturated heterocycles. The molecule has 4 aromatic rings. The first-order valence-corrected chi connectivity index (χ1v) is 9.60. The van der Waals surface area contributed by atoms with E-state index in [9.17, 15) is 19.8 Å². The van der Waals surface area contributed by atoms with Crippen molar-refractivity contribution in [1.29, 1.82) is 5.26 Å². The van der Waals surface area contributed by atoms with Gasteiger partial charge in [-0.1, -0.05) is 12.1 Å². The number of furan rings is 1. The maximum Gasteiger partial charge on any atom is 0.270 e. The van der Waals surface area contributed by atoms with Crippen molar-refractivity contribution in [3.63, 3.8) is 0 Å². The summed E-state index contributed by atoms with van der Waals surface area (Å²) in [6.45, 7) is 0. The van der Waals surface area contributed by atoms with Gasteiger partial charge < -0.3 is 4.42 Å². The molecule has 0 N–H and O–H groups in total. The zero-order valence-corrected chi connectivity index (χ0v) is 16.1. The lowest BCUT2D eigenvalue weighted by Gasteiger charge is -1.97. The fourth-order valence-corrected chi connectivity index (χ4v) is 3.59. The largest absolute Gasteiger partial charge is 0.457 e. The van der Waals surface area contributed by atoms with Gasteiger partial charge in [0.1, 0.15) is 28.4 Å². The van der Waals surface area contributed by atoms with Crippen molar-refractivity contribution < 1.29 is 13.7 Å². The fraction of sp³-hybridized carbons (Fsp3) is 0. The summed E-state index contributed by atoms with van der Waals surface area (Å²) in [7, 11) is 0. The molecule has 0 saturated carbocycles. The predicted octanol–water partition coefficient (Wildman–Crippen LogP) is 6.18. The molecule has 4 rings (SSSR count). The molecular weight excluding hydrogens is 405 g/mol. The lowest BCUT2D eigenvalue weighted by Crippen LogP contribution is -1.88. The number of benzene rings is 2.